The SMILES string of the molecule is NCC1(CNC2(C(F)(F)F)CC2)CCCC1. The minimum atomic E-state index is -4.11. The maximum Gasteiger partial charge on any atom is 0.406 e. The van der Waals surface area contributed by atoms with Crippen LogP contribution in [0.2, 0.25) is 0 Å². The van der Waals surface area contributed by atoms with E-state index < -0.39 is 11.7 Å². The van der Waals surface area contributed by atoms with Crippen molar-refractivity contribution >= 4 is 0 Å². The van der Waals surface area contributed by atoms with Crippen molar-refractivity contribution in [1.82, 2.24) is 5.32 Å². The molecule has 0 aliphatic heterocycles. The fourth-order valence-electron chi connectivity index (χ4n) is 2.62. The zero-order valence-corrected chi connectivity index (χ0v) is 9.37. The van der Waals surface area contributed by atoms with Crippen molar-refractivity contribution in [2.24, 2.45) is 11.1 Å². The summed E-state index contributed by atoms with van der Waals surface area (Å²) in [6.07, 6.45) is 0.445. The number of rotatable bonds is 4. The van der Waals surface area contributed by atoms with Crippen LogP contribution < -0.4 is 11.1 Å². The molecular weight excluding hydrogens is 217 g/mol. The summed E-state index contributed by atoms with van der Waals surface area (Å²) in [7, 11) is 0. The average molecular weight is 236 g/mol. The summed E-state index contributed by atoms with van der Waals surface area (Å²) in [5.41, 5.74) is 4.04. The van der Waals surface area contributed by atoms with Crippen LogP contribution in [-0.4, -0.2) is 24.8 Å². The van der Waals surface area contributed by atoms with E-state index in [0.29, 0.717) is 13.1 Å². The van der Waals surface area contributed by atoms with Gasteiger partial charge in [-0.15, -0.1) is 0 Å². The molecule has 0 aromatic carbocycles. The second-order valence-corrected chi connectivity index (χ2v) is 5.34. The molecule has 0 aromatic heterocycles. The van der Waals surface area contributed by atoms with Crippen LogP contribution in [0.3, 0.4) is 0 Å². The predicted octanol–water partition coefficient (Wildman–Crippen LogP) is 2.19. The highest BCUT2D eigenvalue weighted by Crippen LogP contribution is 2.49. The first-order valence-corrected chi connectivity index (χ1v) is 5.95. The van der Waals surface area contributed by atoms with Crippen molar-refractivity contribution in [1.29, 1.82) is 0 Å². The first-order chi connectivity index (χ1) is 7.43. The van der Waals surface area contributed by atoms with E-state index >= 15 is 0 Å². The van der Waals surface area contributed by atoms with Gasteiger partial charge in [0.15, 0.2) is 0 Å². The maximum absolute atomic E-state index is 12.7. The second kappa shape index (κ2) is 3.88. The number of alkyl halides is 3. The van der Waals surface area contributed by atoms with Crippen LogP contribution in [0.15, 0.2) is 0 Å². The molecule has 3 N–H and O–H groups in total. The quantitative estimate of drug-likeness (QED) is 0.785. The van der Waals surface area contributed by atoms with Crippen molar-refractivity contribution in [3.63, 3.8) is 0 Å². The highest BCUT2D eigenvalue weighted by Gasteiger charge is 2.63. The van der Waals surface area contributed by atoms with Crippen LogP contribution >= 0.6 is 0 Å². The van der Waals surface area contributed by atoms with E-state index in [1.165, 1.54) is 0 Å². The normalized spacial score (nSPS) is 27.0. The van der Waals surface area contributed by atoms with Crippen LogP contribution in [0.4, 0.5) is 13.2 Å². The lowest BCUT2D eigenvalue weighted by Crippen LogP contribution is -2.50. The third kappa shape index (κ3) is 2.07. The Labute approximate surface area is 93.8 Å². The molecule has 0 heterocycles. The molecule has 0 atom stereocenters. The highest BCUT2D eigenvalue weighted by molar-refractivity contribution is 5.09. The third-order valence-corrected chi connectivity index (χ3v) is 4.19. The Bertz CT molecular complexity index is 250. The zero-order valence-electron chi connectivity index (χ0n) is 9.37. The van der Waals surface area contributed by atoms with Gasteiger partial charge in [0, 0.05) is 6.54 Å². The van der Waals surface area contributed by atoms with Crippen molar-refractivity contribution in [3.05, 3.63) is 0 Å². The van der Waals surface area contributed by atoms with E-state index in [9.17, 15) is 13.2 Å². The summed E-state index contributed by atoms with van der Waals surface area (Å²) in [5, 5.41) is 2.74. The van der Waals surface area contributed by atoms with Crippen molar-refractivity contribution in [3.8, 4) is 0 Å². The molecule has 16 heavy (non-hydrogen) atoms. The first-order valence-electron chi connectivity index (χ1n) is 5.95. The minimum absolute atomic E-state index is 0.0825. The summed E-state index contributed by atoms with van der Waals surface area (Å²) >= 11 is 0. The number of nitrogens with one attached hydrogen (secondary N) is 1. The number of halogens is 3. The largest absolute Gasteiger partial charge is 0.406 e. The number of nitrogens with two attached hydrogens (primary N) is 1. The van der Waals surface area contributed by atoms with Gasteiger partial charge in [0.25, 0.3) is 0 Å². The van der Waals surface area contributed by atoms with Gasteiger partial charge >= 0.3 is 6.18 Å². The maximum atomic E-state index is 12.7. The molecule has 0 unspecified atom stereocenters. The second-order valence-electron chi connectivity index (χ2n) is 5.34. The monoisotopic (exact) mass is 236 g/mol. The Hall–Kier alpha value is -0.290. The van der Waals surface area contributed by atoms with Gasteiger partial charge in [0.2, 0.25) is 0 Å². The molecule has 5 heteroatoms. The smallest absolute Gasteiger partial charge is 0.330 e. The van der Waals surface area contributed by atoms with Gasteiger partial charge in [0.1, 0.15) is 5.54 Å². The van der Waals surface area contributed by atoms with Crippen LogP contribution in [0.25, 0.3) is 0 Å². The van der Waals surface area contributed by atoms with Crippen molar-refractivity contribution in [2.45, 2.75) is 50.2 Å². The summed E-state index contributed by atoms with van der Waals surface area (Å²) < 4.78 is 38.1. The fraction of sp³-hybridized carbons (Fsp3) is 1.00. The lowest BCUT2D eigenvalue weighted by Gasteiger charge is -2.31. The molecule has 2 aliphatic carbocycles. The van der Waals surface area contributed by atoms with E-state index in [1.807, 2.05) is 0 Å². The Morgan fingerprint density at radius 1 is 1.06 bits per heavy atom. The fourth-order valence-corrected chi connectivity index (χ4v) is 2.62. The molecule has 94 valence electrons. The number of hydrogen-bond donors (Lipinski definition) is 2. The molecule has 2 rings (SSSR count). The Morgan fingerprint density at radius 3 is 2.00 bits per heavy atom. The molecule has 0 aromatic rings. The molecule has 2 nitrogen and oxygen atoms in total. The van der Waals surface area contributed by atoms with Crippen molar-refractivity contribution in [2.75, 3.05) is 13.1 Å². The lowest BCUT2D eigenvalue weighted by atomic mass is 9.86. The van der Waals surface area contributed by atoms with Crippen LogP contribution in [0.1, 0.15) is 38.5 Å². The summed E-state index contributed by atoms with van der Waals surface area (Å²) in [6.45, 7) is 0.914. The van der Waals surface area contributed by atoms with Gasteiger partial charge in [-0.1, -0.05) is 12.8 Å². The topological polar surface area (TPSA) is 38.0 Å². The molecule has 0 amide bonds. The zero-order chi connectivity index (χ0) is 11.9. The summed E-state index contributed by atoms with van der Waals surface area (Å²) in [5.74, 6) is 0. The van der Waals surface area contributed by atoms with E-state index in [-0.39, 0.29) is 18.3 Å². The number of hydrogen-bond acceptors (Lipinski definition) is 2. The summed E-state index contributed by atoms with van der Waals surface area (Å²) in [4.78, 5) is 0. The van der Waals surface area contributed by atoms with Gasteiger partial charge < -0.3 is 11.1 Å². The van der Waals surface area contributed by atoms with Gasteiger partial charge in [-0.05, 0) is 37.6 Å². The van der Waals surface area contributed by atoms with Gasteiger partial charge in [0.05, 0.1) is 0 Å². The molecular formula is C11H19F3N2. The lowest BCUT2D eigenvalue weighted by molar-refractivity contribution is -0.167. The Kier molecular flexibility index (Phi) is 2.95. The Balaban J connectivity index is 1.92. The standard InChI is InChI=1S/C11H19F3N2/c12-11(13,14)10(5-6-10)16-8-9(7-15)3-1-2-4-9/h16H,1-8,15H2. The molecule has 0 bridgehead atoms. The minimum Gasteiger partial charge on any atom is -0.330 e. The first kappa shape index (κ1) is 12.2. The molecule has 2 aliphatic rings. The molecule has 0 spiro atoms. The summed E-state index contributed by atoms with van der Waals surface area (Å²) in [6, 6.07) is 0. The van der Waals surface area contributed by atoms with E-state index in [2.05, 4.69) is 5.32 Å². The third-order valence-electron chi connectivity index (χ3n) is 4.19. The molecule has 0 saturated heterocycles. The Morgan fingerprint density at radius 2 is 1.62 bits per heavy atom. The van der Waals surface area contributed by atoms with E-state index in [1.54, 1.807) is 0 Å². The van der Waals surface area contributed by atoms with E-state index in [4.69, 9.17) is 5.73 Å². The molecule has 0 radical (unpaired) electrons. The highest BCUT2D eigenvalue weighted by atomic mass is 19.4. The van der Waals surface area contributed by atoms with Crippen LogP contribution in [0, 0.1) is 5.41 Å². The predicted molar refractivity (Wildman–Crippen MR) is 56.0 cm³/mol. The van der Waals surface area contributed by atoms with Crippen LogP contribution in [0.5, 0.6) is 0 Å². The van der Waals surface area contributed by atoms with Gasteiger partial charge in [-0.3, -0.25) is 0 Å². The molecule has 2 saturated carbocycles. The van der Waals surface area contributed by atoms with E-state index in [0.717, 1.165) is 25.7 Å². The van der Waals surface area contributed by atoms with Crippen LogP contribution in [-0.2, 0) is 0 Å². The van der Waals surface area contributed by atoms with Gasteiger partial charge in [-0.25, -0.2) is 0 Å². The van der Waals surface area contributed by atoms with Crippen molar-refractivity contribution < 1.29 is 13.2 Å². The molecule has 2 fully saturated rings. The average Bonchev–Trinajstić information content (AvgIpc) is 2.89. The van der Waals surface area contributed by atoms with Gasteiger partial charge in [-0.2, -0.15) is 13.2 Å².